The molecule has 2 heterocycles. The number of hydrogen-bond acceptors (Lipinski definition) is 8. The normalized spacial score (nSPS) is 16.1. The maximum atomic E-state index is 15.2. The number of amides is 1. The Hall–Kier alpha value is -4.83. The van der Waals surface area contributed by atoms with Gasteiger partial charge >= 0.3 is 11.9 Å². The molecular weight excluding hydrogens is 559 g/mol. The van der Waals surface area contributed by atoms with Gasteiger partial charge in [-0.25, -0.2) is 14.2 Å². The molecule has 0 saturated carbocycles. The van der Waals surface area contributed by atoms with Crippen molar-refractivity contribution < 1.29 is 33.4 Å². The van der Waals surface area contributed by atoms with Crippen LogP contribution in [0, 0.1) is 19.7 Å². The summed E-state index contributed by atoms with van der Waals surface area (Å²) >= 11 is 0.855. The Balaban J connectivity index is 1.53. The van der Waals surface area contributed by atoms with E-state index in [1.54, 1.807) is 44.2 Å². The topological polar surface area (TPSA) is 106 Å². The number of halogens is 1. The van der Waals surface area contributed by atoms with E-state index in [-0.39, 0.29) is 33.3 Å². The summed E-state index contributed by atoms with van der Waals surface area (Å²) in [5.41, 5.74) is 2.33. The largest absolute Gasteiger partial charge is 0.507 e. The highest BCUT2D eigenvalue weighted by molar-refractivity contribution is 7.17. The SMILES string of the molecule is CCOC(=O)c1sc(N2C(=O)C(=O)/C(=C(/O)c3ccc(OCc4cccc(C)c4)cc3)C2c2ccccc2F)nc1C. The Morgan fingerprint density at radius 3 is 2.48 bits per heavy atom. The van der Waals surface area contributed by atoms with E-state index in [4.69, 9.17) is 9.47 Å². The molecule has 1 aliphatic rings. The van der Waals surface area contributed by atoms with E-state index in [0.717, 1.165) is 27.4 Å². The number of ketones is 1. The Morgan fingerprint density at radius 2 is 1.79 bits per heavy atom. The monoisotopic (exact) mass is 586 g/mol. The van der Waals surface area contributed by atoms with Crippen LogP contribution in [0.1, 0.15) is 50.6 Å². The standard InChI is InChI=1S/C32H27FN2O6S/c1-4-40-31(39)29-19(3)34-32(42-29)35-26(23-10-5-6-11-24(23)33)25(28(37)30(35)38)27(36)21-12-14-22(15-13-21)41-17-20-9-7-8-18(2)16-20/h5-16,26,36H,4,17H2,1-3H3/b27-25+. The van der Waals surface area contributed by atoms with Gasteiger partial charge in [0.2, 0.25) is 0 Å². The molecule has 0 bridgehead atoms. The third-order valence-electron chi connectivity index (χ3n) is 6.71. The first-order valence-corrected chi connectivity index (χ1v) is 14.0. The fourth-order valence-electron chi connectivity index (χ4n) is 4.73. The number of rotatable bonds is 8. The number of aliphatic hydroxyl groups is 1. The second-order valence-electron chi connectivity index (χ2n) is 9.62. The second-order valence-corrected chi connectivity index (χ2v) is 10.6. The molecule has 0 spiro atoms. The average molecular weight is 587 g/mol. The van der Waals surface area contributed by atoms with Crippen LogP contribution in [0.4, 0.5) is 9.52 Å². The van der Waals surface area contributed by atoms with E-state index >= 15 is 4.39 Å². The van der Waals surface area contributed by atoms with Gasteiger partial charge in [0, 0.05) is 11.1 Å². The third kappa shape index (κ3) is 5.53. The maximum absolute atomic E-state index is 15.2. The van der Waals surface area contributed by atoms with Crippen LogP contribution < -0.4 is 9.64 Å². The maximum Gasteiger partial charge on any atom is 0.350 e. The van der Waals surface area contributed by atoms with Crippen molar-refractivity contribution in [3.63, 3.8) is 0 Å². The Labute approximate surface area is 245 Å². The highest BCUT2D eigenvalue weighted by Crippen LogP contribution is 2.44. The number of thiazole rings is 1. The highest BCUT2D eigenvalue weighted by atomic mass is 32.1. The summed E-state index contributed by atoms with van der Waals surface area (Å²) in [5.74, 6) is -3.27. The van der Waals surface area contributed by atoms with Gasteiger partial charge in [-0.15, -0.1) is 0 Å². The minimum absolute atomic E-state index is 0.00449. The smallest absolute Gasteiger partial charge is 0.350 e. The van der Waals surface area contributed by atoms with Crippen LogP contribution in [0.25, 0.3) is 5.76 Å². The molecular formula is C32H27FN2O6S. The number of ether oxygens (including phenoxy) is 2. The summed E-state index contributed by atoms with van der Waals surface area (Å²) in [6, 6.07) is 18.6. The predicted octanol–water partition coefficient (Wildman–Crippen LogP) is 6.28. The second kappa shape index (κ2) is 12.0. The van der Waals surface area contributed by atoms with Crippen LogP contribution in [-0.4, -0.2) is 34.4 Å². The van der Waals surface area contributed by atoms with Crippen molar-refractivity contribution in [2.75, 3.05) is 11.5 Å². The molecule has 4 aromatic rings. The van der Waals surface area contributed by atoms with Crippen LogP contribution in [0.15, 0.2) is 78.4 Å². The number of nitrogens with zero attached hydrogens (tertiary/aromatic N) is 2. The lowest BCUT2D eigenvalue weighted by Gasteiger charge is -2.23. The zero-order chi connectivity index (χ0) is 30.0. The molecule has 42 heavy (non-hydrogen) atoms. The molecule has 1 aliphatic heterocycles. The summed E-state index contributed by atoms with van der Waals surface area (Å²) in [4.78, 5) is 44.8. The van der Waals surface area contributed by atoms with Crippen molar-refractivity contribution >= 4 is 39.9 Å². The molecule has 1 unspecified atom stereocenters. The summed E-state index contributed by atoms with van der Waals surface area (Å²) in [5, 5.41) is 11.4. The van der Waals surface area contributed by atoms with Crippen LogP contribution in [-0.2, 0) is 20.9 Å². The molecule has 1 aromatic heterocycles. The van der Waals surface area contributed by atoms with Crippen molar-refractivity contribution in [3.05, 3.63) is 117 Å². The number of carbonyl (C=O) groups is 3. The Bertz CT molecular complexity index is 1710. The molecule has 1 N–H and O–H groups in total. The lowest BCUT2D eigenvalue weighted by Crippen LogP contribution is -2.29. The predicted molar refractivity (Wildman–Crippen MR) is 156 cm³/mol. The number of Topliss-reactive ketones (excluding diaryl/α,β-unsaturated/α-hetero) is 1. The number of anilines is 1. The number of hydrogen-bond donors (Lipinski definition) is 1. The fraction of sp³-hybridized carbons (Fsp3) is 0.188. The van der Waals surface area contributed by atoms with Crippen molar-refractivity contribution in [1.82, 2.24) is 4.98 Å². The molecule has 0 aliphatic carbocycles. The molecule has 214 valence electrons. The molecule has 10 heteroatoms. The van der Waals surface area contributed by atoms with Crippen LogP contribution in [0.5, 0.6) is 5.75 Å². The summed E-state index contributed by atoms with van der Waals surface area (Å²) in [7, 11) is 0. The van der Waals surface area contributed by atoms with Gasteiger partial charge in [-0.2, -0.15) is 0 Å². The lowest BCUT2D eigenvalue weighted by molar-refractivity contribution is -0.132. The first kappa shape index (κ1) is 28.7. The Morgan fingerprint density at radius 1 is 1.05 bits per heavy atom. The van der Waals surface area contributed by atoms with Gasteiger partial charge in [-0.3, -0.25) is 14.5 Å². The van der Waals surface area contributed by atoms with Crippen LogP contribution >= 0.6 is 11.3 Å². The number of aliphatic hydroxyl groups excluding tert-OH is 1. The first-order chi connectivity index (χ1) is 20.2. The van der Waals surface area contributed by atoms with Crippen molar-refractivity contribution in [2.24, 2.45) is 0 Å². The van der Waals surface area contributed by atoms with E-state index in [2.05, 4.69) is 4.98 Å². The van der Waals surface area contributed by atoms with Gasteiger partial charge in [0.25, 0.3) is 5.78 Å². The molecule has 1 amide bonds. The number of aryl methyl sites for hydroxylation is 2. The number of esters is 1. The minimum atomic E-state index is -1.33. The van der Waals surface area contributed by atoms with E-state index < -0.39 is 35.3 Å². The minimum Gasteiger partial charge on any atom is -0.507 e. The van der Waals surface area contributed by atoms with Crippen molar-refractivity contribution in [3.8, 4) is 5.75 Å². The van der Waals surface area contributed by atoms with Crippen molar-refractivity contribution in [1.29, 1.82) is 0 Å². The molecule has 1 atom stereocenters. The number of aromatic nitrogens is 1. The highest BCUT2D eigenvalue weighted by Gasteiger charge is 2.49. The quantitative estimate of drug-likeness (QED) is 0.112. The fourth-order valence-corrected chi connectivity index (χ4v) is 5.71. The summed E-state index contributed by atoms with van der Waals surface area (Å²) in [6.45, 7) is 5.71. The van der Waals surface area contributed by atoms with Crippen molar-refractivity contribution in [2.45, 2.75) is 33.4 Å². The first-order valence-electron chi connectivity index (χ1n) is 13.2. The molecule has 3 aromatic carbocycles. The zero-order valence-corrected chi connectivity index (χ0v) is 23.9. The van der Waals surface area contributed by atoms with E-state index in [1.807, 2.05) is 31.2 Å². The number of carbonyl (C=O) groups excluding carboxylic acids is 3. The Kier molecular flexibility index (Phi) is 8.17. The molecule has 1 fully saturated rings. The van der Waals surface area contributed by atoms with E-state index in [1.165, 1.54) is 18.2 Å². The number of benzene rings is 3. The van der Waals surface area contributed by atoms with Gasteiger partial charge in [-0.1, -0.05) is 59.4 Å². The van der Waals surface area contributed by atoms with Gasteiger partial charge in [-0.05, 0) is 56.7 Å². The van der Waals surface area contributed by atoms with E-state index in [0.29, 0.717) is 18.1 Å². The van der Waals surface area contributed by atoms with Crippen LogP contribution in [0.3, 0.4) is 0 Å². The molecule has 0 radical (unpaired) electrons. The summed E-state index contributed by atoms with van der Waals surface area (Å²) < 4.78 is 26.1. The van der Waals surface area contributed by atoms with Gasteiger partial charge in [0.05, 0.1) is 17.9 Å². The zero-order valence-electron chi connectivity index (χ0n) is 23.1. The van der Waals surface area contributed by atoms with Gasteiger partial charge < -0.3 is 14.6 Å². The third-order valence-corrected chi connectivity index (χ3v) is 7.85. The van der Waals surface area contributed by atoms with Gasteiger partial charge in [0.1, 0.15) is 34.9 Å². The molecule has 5 rings (SSSR count). The average Bonchev–Trinajstić information content (AvgIpc) is 3.48. The van der Waals surface area contributed by atoms with E-state index in [9.17, 15) is 19.5 Å². The summed E-state index contributed by atoms with van der Waals surface area (Å²) in [6.07, 6.45) is 0. The molecule has 8 nitrogen and oxygen atoms in total. The molecule has 1 saturated heterocycles. The lowest BCUT2D eigenvalue weighted by atomic mass is 9.95. The van der Waals surface area contributed by atoms with Crippen LogP contribution in [0.2, 0.25) is 0 Å². The van der Waals surface area contributed by atoms with Gasteiger partial charge in [0.15, 0.2) is 5.13 Å².